The molecule has 0 aromatic rings. The van der Waals surface area contributed by atoms with Gasteiger partial charge >= 0.3 is 0 Å². The Morgan fingerprint density at radius 2 is 1.56 bits per heavy atom. The SMILES string of the molecule is CC(C)(C(=O)N1CCCNCC1)N1CCNCC1. The Morgan fingerprint density at radius 3 is 2.28 bits per heavy atom. The lowest BCUT2D eigenvalue weighted by Crippen LogP contribution is -2.60. The molecular formula is C13H26N4O. The first-order chi connectivity index (χ1) is 8.62. The summed E-state index contributed by atoms with van der Waals surface area (Å²) in [6.45, 7) is 11.7. The smallest absolute Gasteiger partial charge is 0.242 e. The van der Waals surface area contributed by atoms with Crippen LogP contribution in [0.15, 0.2) is 0 Å². The quantitative estimate of drug-likeness (QED) is 0.697. The van der Waals surface area contributed by atoms with Gasteiger partial charge in [0.1, 0.15) is 0 Å². The van der Waals surface area contributed by atoms with E-state index in [2.05, 4.69) is 29.4 Å². The Kier molecular flexibility index (Phi) is 4.59. The molecule has 2 saturated heterocycles. The first kappa shape index (κ1) is 13.8. The summed E-state index contributed by atoms with van der Waals surface area (Å²) in [6.07, 6.45) is 1.06. The van der Waals surface area contributed by atoms with Gasteiger partial charge in [0.25, 0.3) is 0 Å². The van der Waals surface area contributed by atoms with E-state index < -0.39 is 0 Å². The van der Waals surface area contributed by atoms with Gasteiger partial charge in [-0.2, -0.15) is 0 Å². The highest BCUT2D eigenvalue weighted by Crippen LogP contribution is 2.19. The molecule has 2 fully saturated rings. The highest BCUT2D eigenvalue weighted by atomic mass is 16.2. The number of carbonyl (C=O) groups excluding carboxylic acids is 1. The first-order valence-electron chi connectivity index (χ1n) is 7.08. The number of nitrogens with zero attached hydrogens (tertiary/aromatic N) is 2. The lowest BCUT2D eigenvalue weighted by molar-refractivity contribution is -0.143. The van der Waals surface area contributed by atoms with Crippen LogP contribution >= 0.6 is 0 Å². The van der Waals surface area contributed by atoms with Crippen LogP contribution in [-0.2, 0) is 4.79 Å². The van der Waals surface area contributed by atoms with Crippen molar-refractivity contribution in [3.05, 3.63) is 0 Å². The van der Waals surface area contributed by atoms with E-state index in [0.29, 0.717) is 0 Å². The molecule has 1 amide bonds. The van der Waals surface area contributed by atoms with E-state index in [0.717, 1.165) is 58.8 Å². The number of piperazine rings is 1. The van der Waals surface area contributed by atoms with E-state index in [1.165, 1.54) is 0 Å². The van der Waals surface area contributed by atoms with Gasteiger partial charge in [0.15, 0.2) is 0 Å². The monoisotopic (exact) mass is 254 g/mol. The van der Waals surface area contributed by atoms with E-state index in [9.17, 15) is 4.79 Å². The van der Waals surface area contributed by atoms with Crippen LogP contribution in [0.4, 0.5) is 0 Å². The average Bonchev–Trinajstić information content (AvgIpc) is 2.67. The minimum absolute atomic E-state index is 0.285. The standard InChI is InChI=1S/C13H26N4O/c1-13(2,17-10-6-15-7-11-17)12(18)16-8-3-4-14-5-9-16/h14-15H,3-11H2,1-2H3. The molecule has 2 aliphatic heterocycles. The molecule has 2 aliphatic rings. The van der Waals surface area contributed by atoms with Gasteiger partial charge in [-0.3, -0.25) is 9.69 Å². The minimum atomic E-state index is -0.369. The lowest BCUT2D eigenvalue weighted by atomic mass is 9.99. The van der Waals surface area contributed by atoms with Crippen molar-refractivity contribution in [2.24, 2.45) is 0 Å². The van der Waals surface area contributed by atoms with Gasteiger partial charge in [-0.25, -0.2) is 0 Å². The van der Waals surface area contributed by atoms with Crippen LogP contribution in [0, 0.1) is 0 Å². The van der Waals surface area contributed by atoms with Gasteiger partial charge in [-0.05, 0) is 26.8 Å². The second-order valence-electron chi connectivity index (χ2n) is 5.69. The van der Waals surface area contributed by atoms with Crippen molar-refractivity contribution in [3.63, 3.8) is 0 Å². The second kappa shape index (κ2) is 5.99. The highest BCUT2D eigenvalue weighted by Gasteiger charge is 2.38. The molecule has 2 N–H and O–H groups in total. The van der Waals surface area contributed by atoms with Crippen LogP contribution in [0.1, 0.15) is 20.3 Å². The van der Waals surface area contributed by atoms with E-state index in [4.69, 9.17) is 0 Å². The number of rotatable bonds is 2. The van der Waals surface area contributed by atoms with Crippen LogP contribution < -0.4 is 10.6 Å². The van der Waals surface area contributed by atoms with Crippen molar-refractivity contribution < 1.29 is 4.79 Å². The van der Waals surface area contributed by atoms with Crippen LogP contribution in [0.25, 0.3) is 0 Å². The highest BCUT2D eigenvalue weighted by molar-refractivity contribution is 5.85. The number of hydrogen-bond donors (Lipinski definition) is 2. The predicted molar refractivity (Wildman–Crippen MR) is 72.6 cm³/mol. The van der Waals surface area contributed by atoms with Gasteiger partial charge in [0.2, 0.25) is 5.91 Å². The van der Waals surface area contributed by atoms with E-state index in [-0.39, 0.29) is 11.4 Å². The zero-order chi connectivity index (χ0) is 13.0. The lowest BCUT2D eigenvalue weighted by Gasteiger charge is -2.42. The molecular weight excluding hydrogens is 228 g/mol. The molecule has 0 saturated carbocycles. The van der Waals surface area contributed by atoms with Gasteiger partial charge < -0.3 is 15.5 Å². The fourth-order valence-corrected chi connectivity index (χ4v) is 2.79. The topological polar surface area (TPSA) is 47.6 Å². The third-order valence-corrected chi connectivity index (χ3v) is 4.06. The maximum atomic E-state index is 12.7. The van der Waals surface area contributed by atoms with Gasteiger partial charge in [-0.15, -0.1) is 0 Å². The van der Waals surface area contributed by atoms with Crippen LogP contribution in [-0.4, -0.2) is 73.6 Å². The first-order valence-corrected chi connectivity index (χ1v) is 7.08. The summed E-state index contributed by atoms with van der Waals surface area (Å²) < 4.78 is 0. The summed E-state index contributed by atoms with van der Waals surface area (Å²) >= 11 is 0. The number of amides is 1. The Labute approximate surface area is 110 Å². The summed E-state index contributed by atoms with van der Waals surface area (Å²) in [4.78, 5) is 17.0. The molecule has 2 heterocycles. The largest absolute Gasteiger partial charge is 0.340 e. The molecule has 5 nitrogen and oxygen atoms in total. The molecule has 0 aromatic heterocycles. The van der Waals surface area contributed by atoms with Crippen LogP contribution in [0.3, 0.4) is 0 Å². The Balaban J connectivity index is 2.00. The van der Waals surface area contributed by atoms with Crippen molar-refractivity contribution in [2.75, 3.05) is 52.4 Å². The number of carbonyl (C=O) groups is 1. The van der Waals surface area contributed by atoms with Crippen molar-refractivity contribution >= 4 is 5.91 Å². The molecule has 2 rings (SSSR count). The zero-order valence-corrected chi connectivity index (χ0v) is 11.7. The molecule has 0 atom stereocenters. The zero-order valence-electron chi connectivity index (χ0n) is 11.7. The second-order valence-corrected chi connectivity index (χ2v) is 5.69. The summed E-state index contributed by atoms with van der Waals surface area (Å²) in [6, 6.07) is 0. The Hall–Kier alpha value is -0.650. The summed E-state index contributed by atoms with van der Waals surface area (Å²) in [5.41, 5.74) is -0.369. The minimum Gasteiger partial charge on any atom is -0.340 e. The molecule has 18 heavy (non-hydrogen) atoms. The predicted octanol–water partition coefficient (Wildman–Crippen LogP) is -0.508. The molecule has 0 aliphatic carbocycles. The molecule has 0 bridgehead atoms. The van der Waals surface area contributed by atoms with Crippen molar-refractivity contribution in [1.29, 1.82) is 0 Å². The van der Waals surface area contributed by atoms with Crippen molar-refractivity contribution in [3.8, 4) is 0 Å². The van der Waals surface area contributed by atoms with E-state index >= 15 is 0 Å². The van der Waals surface area contributed by atoms with Crippen LogP contribution in [0.5, 0.6) is 0 Å². The van der Waals surface area contributed by atoms with E-state index in [1.54, 1.807) is 0 Å². The summed E-state index contributed by atoms with van der Waals surface area (Å²) in [7, 11) is 0. The summed E-state index contributed by atoms with van der Waals surface area (Å²) in [5, 5.41) is 6.68. The molecule has 0 aromatic carbocycles. The van der Waals surface area contributed by atoms with Gasteiger partial charge in [0.05, 0.1) is 5.54 Å². The van der Waals surface area contributed by atoms with Gasteiger partial charge in [0, 0.05) is 45.8 Å². The summed E-state index contributed by atoms with van der Waals surface area (Å²) in [5.74, 6) is 0.285. The average molecular weight is 254 g/mol. The Bertz CT molecular complexity index is 279. The normalized spacial score (nSPS) is 23.8. The Morgan fingerprint density at radius 1 is 0.944 bits per heavy atom. The fourth-order valence-electron chi connectivity index (χ4n) is 2.79. The number of hydrogen-bond acceptors (Lipinski definition) is 4. The van der Waals surface area contributed by atoms with Crippen molar-refractivity contribution in [1.82, 2.24) is 20.4 Å². The van der Waals surface area contributed by atoms with Gasteiger partial charge in [-0.1, -0.05) is 0 Å². The van der Waals surface area contributed by atoms with Crippen LogP contribution in [0.2, 0.25) is 0 Å². The molecule has 0 unspecified atom stereocenters. The fraction of sp³-hybridized carbons (Fsp3) is 0.923. The third-order valence-electron chi connectivity index (χ3n) is 4.06. The maximum Gasteiger partial charge on any atom is 0.242 e. The molecule has 5 heteroatoms. The van der Waals surface area contributed by atoms with Crippen molar-refractivity contribution in [2.45, 2.75) is 25.8 Å². The number of nitrogens with one attached hydrogen (secondary N) is 2. The maximum absolute atomic E-state index is 12.7. The molecule has 104 valence electrons. The van der Waals surface area contributed by atoms with E-state index in [1.807, 2.05) is 4.90 Å². The molecule has 0 spiro atoms. The molecule has 0 radical (unpaired) electrons. The third kappa shape index (κ3) is 3.02.